The highest BCUT2D eigenvalue weighted by atomic mass is 32.2. The predicted molar refractivity (Wildman–Crippen MR) is 62.1 cm³/mol. The van der Waals surface area contributed by atoms with E-state index in [-0.39, 0.29) is 5.75 Å². The number of benzene rings is 1. The minimum atomic E-state index is -3.21. The summed E-state index contributed by atoms with van der Waals surface area (Å²) in [6, 6.07) is 8.86. The Kier molecular flexibility index (Phi) is 4.58. The molecule has 0 saturated heterocycles. The first-order chi connectivity index (χ1) is 7.14. The quantitative estimate of drug-likeness (QED) is 0.718. The SMILES string of the molecule is NCCCCS(=O)(=O)Nc1ccccc1. The van der Waals surface area contributed by atoms with Gasteiger partial charge in [-0.15, -0.1) is 0 Å². The fraction of sp³-hybridized carbons (Fsp3) is 0.400. The summed E-state index contributed by atoms with van der Waals surface area (Å²) in [6.45, 7) is 0.529. The summed E-state index contributed by atoms with van der Waals surface area (Å²) in [4.78, 5) is 0. The van der Waals surface area contributed by atoms with Crippen LogP contribution in [-0.4, -0.2) is 20.7 Å². The fourth-order valence-corrected chi connectivity index (χ4v) is 2.35. The topological polar surface area (TPSA) is 72.2 Å². The molecule has 0 amide bonds. The van der Waals surface area contributed by atoms with Gasteiger partial charge in [-0.25, -0.2) is 8.42 Å². The van der Waals surface area contributed by atoms with Crippen LogP contribution in [0.3, 0.4) is 0 Å². The van der Waals surface area contributed by atoms with Gasteiger partial charge in [0.05, 0.1) is 5.75 Å². The second kappa shape index (κ2) is 5.72. The Balaban J connectivity index is 2.50. The molecule has 0 fully saturated rings. The van der Waals surface area contributed by atoms with Crippen molar-refractivity contribution in [3.05, 3.63) is 30.3 Å². The number of nitrogens with two attached hydrogens (primary N) is 1. The van der Waals surface area contributed by atoms with E-state index in [4.69, 9.17) is 5.73 Å². The highest BCUT2D eigenvalue weighted by molar-refractivity contribution is 7.92. The van der Waals surface area contributed by atoms with E-state index in [1.54, 1.807) is 24.3 Å². The van der Waals surface area contributed by atoms with E-state index in [1.807, 2.05) is 6.07 Å². The van der Waals surface area contributed by atoms with Gasteiger partial charge in [0.2, 0.25) is 10.0 Å². The van der Waals surface area contributed by atoms with Crippen LogP contribution in [0, 0.1) is 0 Å². The van der Waals surface area contributed by atoms with Crippen molar-refractivity contribution in [1.29, 1.82) is 0 Å². The number of rotatable bonds is 6. The van der Waals surface area contributed by atoms with Gasteiger partial charge in [-0.2, -0.15) is 0 Å². The maximum atomic E-state index is 11.5. The van der Waals surface area contributed by atoms with Crippen LogP contribution in [0.2, 0.25) is 0 Å². The van der Waals surface area contributed by atoms with Gasteiger partial charge in [0.1, 0.15) is 0 Å². The summed E-state index contributed by atoms with van der Waals surface area (Å²) >= 11 is 0. The molecule has 0 bridgehead atoms. The van der Waals surface area contributed by atoms with Crippen LogP contribution in [0.5, 0.6) is 0 Å². The van der Waals surface area contributed by atoms with Crippen LogP contribution in [0.15, 0.2) is 30.3 Å². The van der Waals surface area contributed by atoms with Gasteiger partial charge in [0, 0.05) is 5.69 Å². The molecule has 1 aromatic rings. The number of hydrogen-bond acceptors (Lipinski definition) is 3. The Morgan fingerprint density at radius 2 is 1.80 bits per heavy atom. The Morgan fingerprint density at radius 3 is 2.40 bits per heavy atom. The van der Waals surface area contributed by atoms with Gasteiger partial charge >= 0.3 is 0 Å². The number of para-hydroxylation sites is 1. The highest BCUT2D eigenvalue weighted by Crippen LogP contribution is 2.08. The Bertz CT molecular complexity index is 376. The van der Waals surface area contributed by atoms with Crippen molar-refractivity contribution < 1.29 is 8.42 Å². The van der Waals surface area contributed by atoms with Crippen LogP contribution in [0.1, 0.15) is 12.8 Å². The van der Waals surface area contributed by atoms with Crippen molar-refractivity contribution in [1.82, 2.24) is 0 Å². The average molecular weight is 228 g/mol. The summed E-state index contributed by atoms with van der Waals surface area (Å²) in [5, 5.41) is 0. The molecule has 0 spiro atoms. The number of sulfonamides is 1. The molecule has 0 unspecified atom stereocenters. The zero-order valence-corrected chi connectivity index (χ0v) is 9.33. The maximum Gasteiger partial charge on any atom is 0.232 e. The van der Waals surface area contributed by atoms with Gasteiger partial charge in [-0.05, 0) is 31.5 Å². The zero-order chi connectivity index (χ0) is 11.1. The summed E-state index contributed by atoms with van der Waals surface area (Å²) in [6.07, 6.45) is 1.33. The molecule has 84 valence electrons. The lowest BCUT2D eigenvalue weighted by Gasteiger charge is -2.06. The summed E-state index contributed by atoms with van der Waals surface area (Å²) in [5.74, 6) is 0.124. The molecule has 0 aliphatic rings. The molecule has 1 aromatic carbocycles. The van der Waals surface area contributed by atoms with Gasteiger partial charge in [-0.3, -0.25) is 4.72 Å². The first kappa shape index (κ1) is 12.0. The van der Waals surface area contributed by atoms with Crippen LogP contribution >= 0.6 is 0 Å². The minimum Gasteiger partial charge on any atom is -0.330 e. The molecule has 5 heteroatoms. The van der Waals surface area contributed by atoms with Crippen LogP contribution in [0.25, 0.3) is 0 Å². The summed E-state index contributed by atoms with van der Waals surface area (Å²) in [7, 11) is -3.21. The predicted octanol–water partition coefficient (Wildman–Crippen LogP) is 1.17. The molecule has 4 nitrogen and oxygen atoms in total. The van der Waals surface area contributed by atoms with Crippen LogP contribution in [-0.2, 0) is 10.0 Å². The number of anilines is 1. The molecular weight excluding hydrogens is 212 g/mol. The van der Waals surface area contributed by atoms with Gasteiger partial charge in [0.25, 0.3) is 0 Å². The monoisotopic (exact) mass is 228 g/mol. The number of nitrogens with one attached hydrogen (secondary N) is 1. The van der Waals surface area contributed by atoms with Crippen molar-refractivity contribution in [2.24, 2.45) is 5.73 Å². The van der Waals surface area contributed by atoms with Crippen molar-refractivity contribution >= 4 is 15.7 Å². The molecule has 15 heavy (non-hydrogen) atoms. The Morgan fingerprint density at radius 1 is 1.13 bits per heavy atom. The van der Waals surface area contributed by atoms with Crippen LogP contribution < -0.4 is 10.5 Å². The van der Waals surface area contributed by atoms with E-state index in [0.717, 1.165) is 6.42 Å². The third-order valence-electron chi connectivity index (χ3n) is 1.91. The summed E-state index contributed by atoms with van der Waals surface area (Å²) < 4.78 is 25.6. The molecule has 0 aromatic heterocycles. The molecule has 0 radical (unpaired) electrons. The average Bonchev–Trinajstić information content (AvgIpc) is 2.18. The molecule has 0 saturated carbocycles. The minimum absolute atomic E-state index is 0.124. The second-order valence-electron chi connectivity index (χ2n) is 3.28. The van der Waals surface area contributed by atoms with Crippen molar-refractivity contribution in [2.45, 2.75) is 12.8 Å². The van der Waals surface area contributed by atoms with Gasteiger partial charge in [0.15, 0.2) is 0 Å². The van der Waals surface area contributed by atoms with E-state index in [1.165, 1.54) is 0 Å². The standard InChI is InChI=1S/C10H16N2O2S/c11-8-4-5-9-15(13,14)12-10-6-2-1-3-7-10/h1-3,6-7,12H,4-5,8-9,11H2. The Hall–Kier alpha value is -1.07. The lowest BCUT2D eigenvalue weighted by molar-refractivity contribution is 0.597. The first-order valence-corrected chi connectivity index (χ1v) is 6.55. The number of unbranched alkanes of at least 4 members (excludes halogenated alkanes) is 1. The molecule has 0 aliphatic heterocycles. The van der Waals surface area contributed by atoms with Crippen molar-refractivity contribution in [2.75, 3.05) is 17.0 Å². The summed E-state index contributed by atoms with van der Waals surface area (Å²) in [5.41, 5.74) is 5.90. The normalized spacial score (nSPS) is 11.3. The second-order valence-corrected chi connectivity index (χ2v) is 5.12. The molecule has 1 rings (SSSR count). The Labute approximate surface area is 90.5 Å². The van der Waals surface area contributed by atoms with Crippen molar-refractivity contribution in [3.63, 3.8) is 0 Å². The van der Waals surface area contributed by atoms with E-state index in [9.17, 15) is 8.42 Å². The van der Waals surface area contributed by atoms with Crippen LogP contribution in [0.4, 0.5) is 5.69 Å². The third-order valence-corrected chi connectivity index (χ3v) is 3.29. The van der Waals surface area contributed by atoms with E-state index >= 15 is 0 Å². The molecule has 0 atom stereocenters. The van der Waals surface area contributed by atoms with E-state index in [0.29, 0.717) is 18.7 Å². The number of hydrogen-bond donors (Lipinski definition) is 2. The molecule has 0 aliphatic carbocycles. The first-order valence-electron chi connectivity index (χ1n) is 4.90. The molecular formula is C10H16N2O2S. The van der Waals surface area contributed by atoms with Gasteiger partial charge < -0.3 is 5.73 Å². The highest BCUT2D eigenvalue weighted by Gasteiger charge is 2.08. The molecule has 0 heterocycles. The third kappa shape index (κ3) is 4.80. The fourth-order valence-electron chi connectivity index (χ4n) is 1.17. The van der Waals surface area contributed by atoms with E-state index in [2.05, 4.69) is 4.72 Å². The lowest BCUT2D eigenvalue weighted by atomic mass is 10.3. The largest absolute Gasteiger partial charge is 0.330 e. The smallest absolute Gasteiger partial charge is 0.232 e. The lowest BCUT2D eigenvalue weighted by Crippen LogP contribution is -2.17. The van der Waals surface area contributed by atoms with Crippen molar-refractivity contribution in [3.8, 4) is 0 Å². The molecule has 3 N–H and O–H groups in total. The maximum absolute atomic E-state index is 11.5. The zero-order valence-electron chi connectivity index (χ0n) is 8.52. The van der Waals surface area contributed by atoms with E-state index < -0.39 is 10.0 Å². The van der Waals surface area contributed by atoms with Gasteiger partial charge in [-0.1, -0.05) is 18.2 Å².